The lowest BCUT2D eigenvalue weighted by Gasteiger charge is -2.08. The number of carbonyl (C=O) groups excluding carboxylic acids is 3. The van der Waals surface area contributed by atoms with Crippen molar-refractivity contribution in [2.45, 2.75) is 6.92 Å². The average Bonchev–Trinajstić information content (AvgIpc) is 3.29. The molecule has 0 spiro atoms. The van der Waals surface area contributed by atoms with Crippen molar-refractivity contribution in [3.05, 3.63) is 77.9 Å². The van der Waals surface area contributed by atoms with Gasteiger partial charge in [-0.3, -0.25) is 14.4 Å². The van der Waals surface area contributed by atoms with Crippen molar-refractivity contribution >= 4 is 45.0 Å². The van der Waals surface area contributed by atoms with Gasteiger partial charge in [0.1, 0.15) is 17.3 Å². The molecule has 0 saturated heterocycles. The molecule has 2 N–H and O–H groups in total. The molecule has 0 atom stereocenters. The Balaban J connectivity index is 1.24. The van der Waals surface area contributed by atoms with E-state index < -0.39 is 24.4 Å². The molecule has 2 amide bonds. The lowest BCUT2D eigenvalue weighted by Crippen LogP contribution is -2.32. The van der Waals surface area contributed by atoms with Gasteiger partial charge in [0.15, 0.2) is 6.61 Å². The van der Waals surface area contributed by atoms with E-state index in [0.29, 0.717) is 17.0 Å². The largest absolute Gasteiger partial charge is 0.497 e. The van der Waals surface area contributed by atoms with E-state index in [1.54, 1.807) is 47.7 Å². The number of ether oxygens (including phenoxy) is 2. The Morgan fingerprint density at radius 2 is 1.80 bits per heavy atom. The van der Waals surface area contributed by atoms with Gasteiger partial charge in [0.05, 0.1) is 17.3 Å². The standard InChI is InChI=1S/C26H23N3O5S/c1-16-6-11-21-22(12-16)35-26(29-21)17-7-9-19(10-8-17)28-23(30)15-34-24(31)14-27-25(32)18-4-3-5-20(13-18)33-2/h3-13H,14-15H2,1-2H3,(H,27,32)(H,28,30). The Hall–Kier alpha value is -4.24. The Bertz CT molecular complexity index is 1380. The van der Waals surface area contributed by atoms with Crippen LogP contribution in [-0.4, -0.2) is 43.0 Å². The van der Waals surface area contributed by atoms with Crippen LogP contribution in [0.1, 0.15) is 15.9 Å². The number of rotatable bonds is 8. The summed E-state index contributed by atoms with van der Waals surface area (Å²) in [6, 6.07) is 20.0. The van der Waals surface area contributed by atoms with Crippen LogP contribution in [-0.2, 0) is 14.3 Å². The molecule has 9 heteroatoms. The lowest BCUT2D eigenvalue weighted by molar-refractivity contribution is -0.146. The molecule has 0 aliphatic heterocycles. The van der Waals surface area contributed by atoms with Gasteiger partial charge in [-0.2, -0.15) is 0 Å². The van der Waals surface area contributed by atoms with Crippen molar-refractivity contribution in [1.82, 2.24) is 10.3 Å². The number of hydrogen-bond acceptors (Lipinski definition) is 7. The van der Waals surface area contributed by atoms with Gasteiger partial charge in [-0.05, 0) is 67.1 Å². The second kappa shape index (κ2) is 10.8. The van der Waals surface area contributed by atoms with Crippen molar-refractivity contribution in [3.63, 3.8) is 0 Å². The van der Waals surface area contributed by atoms with Gasteiger partial charge in [-0.1, -0.05) is 12.1 Å². The minimum atomic E-state index is -0.724. The van der Waals surface area contributed by atoms with Crippen molar-refractivity contribution < 1.29 is 23.9 Å². The first-order chi connectivity index (χ1) is 16.9. The van der Waals surface area contributed by atoms with Crippen LogP contribution in [0, 0.1) is 6.92 Å². The summed E-state index contributed by atoms with van der Waals surface area (Å²) in [5, 5.41) is 6.03. The summed E-state index contributed by atoms with van der Waals surface area (Å²) in [6.45, 7) is 1.22. The third kappa shape index (κ3) is 6.21. The molecular weight excluding hydrogens is 466 g/mol. The van der Waals surface area contributed by atoms with E-state index in [1.807, 2.05) is 31.2 Å². The lowest BCUT2D eigenvalue weighted by atomic mass is 10.2. The molecule has 3 aromatic carbocycles. The molecule has 0 unspecified atom stereocenters. The summed E-state index contributed by atoms with van der Waals surface area (Å²) in [4.78, 5) is 40.9. The number of methoxy groups -OCH3 is 1. The maximum atomic E-state index is 12.2. The Kier molecular flexibility index (Phi) is 7.37. The van der Waals surface area contributed by atoms with Crippen molar-refractivity contribution in [1.29, 1.82) is 0 Å². The predicted octanol–water partition coefficient (Wildman–Crippen LogP) is 4.19. The van der Waals surface area contributed by atoms with Gasteiger partial charge in [-0.25, -0.2) is 4.98 Å². The van der Waals surface area contributed by atoms with Crippen molar-refractivity contribution in [3.8, 4) is 16.3 Å². The number of nitrogens with one attached hydrogen (secondary N) is 2. The third-order valence-electron chi connectivity index (χ3n) is 5.05. The van der Waals surface area contributed by atoms with Crippen LogP contribution in [0.2, 0.25) is 0 Å². The molecule has 0 aliphatic rings. The van der Waals surface area contributed by atoms with E-state index in [-0.39, 0.29) is 6.54 Å². The summed E-state index contributed by atoms with van der Waals surface area (Å²) < 4.78 is 11.1. The molecule has 0 aliphatic carbocycles. The first kappa shape index (κ1) is 23.9. The molecule has 4 aromatic rings. The van der Waals surface area contributed by atoms with E-state index in [9.17, 15) is 14.4 Å². The number of aryl methyl sites for hydroxylation is 1. The topological polar surface area (TPSA) is 107 Å². The number of anilines is 1. The van der Waals surface area contributed by atoms with Gasteiger partial charge in [-0.15, -0.1) is 11.3 Å². The average molecular weight is 490 g/mol. The molecule has 0 fully saturated rings. The number of thiazole rings is 1. The molecule has 4 rings (SSSR count). The number of aromatic nitrogens is 1. The Labute approximate surface area is 205 Å². The second-order valence-corrected chi connectivity index (χ2v) is 8.72. The van der Waals surface area contributed by atoms with E-state index in [2.05, 4.69) is 21.7 Å². The molecule has 1 aromatic heterocycles. The van der Waals surface area contributed by atoms with E-state index in [1.165, 1.54) is 12.7 Å². The Morgan fingerprint density at radius 1 is 1.00 bits per heavy atom. The first-order valence-corrected chi connectivity index (χ1v) is 11.6. The maximum Gasteiger partial charge on any atom is 0.325 e. The van der Waals surface area contributed by atoms with Gasteiger partial charge in [0, 0.05) is 16.8 Å². The number of fused-ring (bicyclic) bond motifs is 1. The van der Waals surface area contributed by atoms with Gasteiger partial charge in [0.2, 0.25) is 0 Å². The summed E-state index contributed by atoms with van der Waals surface area (Å²) in [7, 11) is 1.50. The molecule has 8 nitrogen and oxygen atoms in total. The van der Waals surface area contributed by atoms with Crippen LogP contribution in [0.15, 0.2) is 66.7 Å². The van der Waals surface area contributed by atoms with Crippen molar-refractivity contribution in [2.75, 3.05) is 25.6 Å². The molecule has 35 heavy (non-hydrogen) atoms. The zero-order valence-electron chi connectivity index (χ0n) is 19.2. The summed E-state index contributed by atoms with van der Waals surface area (Å²) >= 11 is 1.61. The number of hydrogen-bond donors (Lipinski definition) is 2. The quantitative estimate of drug-likeness (QED) is 0.360. The summed E-state index contributed by atoms with van der Waals surface area (Å²) in [6.07, 6.45) is 0. The molecular formula is C26H23N3O5S. The van der Waals surface area contributed by atoms with Crippen LogP contribution in [0.3, 0.4) is 0 Å². The monoisotopic (exact) mass is 489 g/mol. The van der Waals surface area contributed by atoms with Gasteiger partial charge >= 0.3 is 5.97 Å². The first-order valence-electron chi connectivity index (χ1n) is 10.8. The van der Waals surface area contributed by atoms with Crippen LogP contribution >= 0.6 is 11.3 Å². The zero-order chi connectivity index (χ0) is 24.8. The molecule has 178 valence electrons. The molecule has 0 saturated carbocycles. The fourth-order valence-electron chi connectivity index (χ4n) is 3.26. The molecule has 0 bridgehead atoms. The van der Waals surface area contributed by atoms with Crippen LogP contribution in [0.4, 0.5) is 5.69 Å². The van der Waals surface area contributed by atoms with E-state index in [4.69, 9.17) is 9.47 Å². The van der Waals surface area contributed by atoms with Crippen LogP contribution in [0.25, 0.3) is 20.8 Å². The SMILES string of the molecule is COc1cccc(C(=O)NCC(=O)OCC(=O)Nc2ccc(-c3nc4ccc(C)cc4s3)cc2)c1. The number of amides is 2. The summed E-state index contributed by atoms with van der Waals surface area (Å²) in [5.41, 5.74) is 4.00. The second-order valence-electron chi connectivity index (χ2n) is 7.69. The smallest absolute Gasteiger partial charge is 0.325 e. The highest BCUT2D eigenvalue weighted by Crippen LogP contribution is 2.31. The summed E-state index contributed by atoms with van der Waals surface area (Å²) in [5.74, 6) is -1.13. The highest BCUT2D eigenvalue weighted by molar-refractivity contribution is 7.21. The van der Waals surface area contributed by atoms with Gasteiger partial charge < -0.3 is 20.1 Å². The highest BCUT2D eigenvalue weighted by Gasteiger charge is 2.12. The number of esters is 1. The number of benzene rings is 3. The van der Waals surface area contributed by atoms with E-state index >= 15 is 0 Å². The van der Waals surface area contributed by atoms with Crippen molar-refractivity contribution in [2.24, 2.45) is 0 Å². The van der Waals surface area contributed by atoms with Crippen LogP contribution < -0.4 is 15.4 Å². The number of nitrogens with zero attached hydrogens (tertiary/aromatic N) is 1. The van der Waals surface area contributed by atoms with Crippen LogP contribution in [0.5, 0.6) is 5.75 Å². The number of carbonyl (C=O) groups is 3. The van der Waals surface area contributed by atoms with Gasteiger partial charge in [0.25, 0.3) is 11.8 Å². The minimum absolute atomic E-state index is 0.347. The highest BCUT2D eigenvalue weighted by atomic mass is 32.1. The Morgan fingerprint density at radius 3 is 2.57 bits per heavy atom. The van der Waals surface area contributed by atoms with E-state index in [0.717, 1.165) is 20.8 Å². The minimum Gasteiger partial charge on any atom is -0.497 e. The molecule has 0 radical (unpaired) electrons. The third-order valence-corrected chi connectivity index (χ3v) is 6.12. The molecule has 1 heterocycles. The fourth-order valence-corrected chi connectivity index (χ4v) is 4.33. The normalized spacial score (nSPS) is 10.6. The fraction of sp³-hybridized carbons (Fsp3) is 0.154. The predicted molar refractivity (Wildman–Crippen MR) is 135 cm³/mol. The maximum absolute atomic E-state index is 12.2. The zero-order valence-corrected chi connectivity index (χ0v) is 20.0.